The van der Waals surface area contributed by atoms with E-state index in [1.54, 1.807) is 6.92 Å². The topological polar surface area (TPSA) is 133 Å². The molecule has 0 saturated heterocycles. The molecule has 3 rings (SSSR count). The number of rotatable bonds is 8. The number of nitrogens with one attached hydrogen (secondary N) is 1. The number of aliphatic hydroxyl groups is 1. The highest BCUT2D eigenvalue weighted by Gasteiger charge is 2.34. The van der Waals surface area contributed by atoms with Crippen molar-refractivity contribution in [2.45, 2.75) is 30.9 Å². The first kappa shape index (κ1) is 28.2. The average Bonchev–Trinajstić information content (AvgIpc) is 2.80. The highest BCUT2D eigenvalue weighted by atomic mass is 35.5. The third-order valence-corrected chi connectivity index (χ3v) is 8.97. The van der Waals surface area contributed by atoms with Gasteiger partial charge in [0, 0.05) is 30.2 Å². The first-order valence-electron chi connectivity index (χ1n) is 11.1. The van der Waals surface area contributed by atoms with E-state index in [-0.39, 0.29) is 47.5 Å². The summed E-state index contributed by atoms with van der Waals surface area (Å²) >= 11 is 5.85. The van der Waals surface area contributed by atoms with Gasteiger partial charge in [0.25, 0.3) is 15.9 Å². The molecule has 1 amide bonds. The quantitative estimate of drug-likeness (QED) is 0.506. The van der Waals surface area contributed by atoms with Crippen LogP contribution in [0, 0.1) is 5.92 Å². The van der Waals surface area contributed by atoms with Crippen molar-refractivity contribution in [2.75, 3.05) is 37.7 Å². The molecule has 36 heavy (non-hydrogen) atoms. The molecule has 0 saturated carbocycles. The van der Waals surface area contributed by atoms with Gasteiger partial charge in [0.2, 0.25) is 10.0 Å². The lowest BCUT2D eigenvalue weighted by atomic mass is 9.99. The number of carbonyl (C=O) groups is 1. The Kier molecular flexibility index (Phi) is 8.56. The van der Waals surface area contributed by atoms with Crippen molar-refractivity contribution in [3.05, 3.63) is 53.1 Å². The molecule has 0 radical (unpaired) electrons. The van der Waals surface area contributed by atoms with E-state index in [0.29, 0.717) is 5.02 Å². The molecular formula is C23H30ClN3O7S2. The van der Waals surface area contributed by atoms with Crippen LogP contribution in [0.2, 0.25) is 5.02 Å². The van der Waals surface area contributed by atoms with Gasteiger partial charge in [-0.3, -0.25) is 9.52 Å². The van der Waals surface area contributed by atoms with Crippen LogP contribution in [0.1, 0.15) is 24.2 Å². The number of anilines is 1. The molecule has 2 aromatic rings. The standard InChI is InChI=1S/C23H30ClN3O7S2/c1-15-12-27(16(2)14-28)23(29)20-11-18(25-36(32,33)19-8-5-17(24)6-9-19)7-10-21(20)34-22(15)13-26(3)35(4,30)31/h5-11,15-16,22,25,28H,12-14H2,1-4H3/t15-,16+,22+/m1/s1. The van der Waals surface area contributed by atoms with Crippen molar-refractivity contribution < 1.29 is 31.5 Å². The monoisotopic (exact) mass is 559 g/mol. The number of benzene rings is 2. The van der Waals surface area contributed by atoms with Crippen molar-refractivity contribution >= 4 is 43.2 Å². The van der Waals surface area contributed by atoms with Crippen LogP contribution in [0.4, 0.5) is 5.69 Å². The van der Waals surface area contributed by atoms with Crippen LogP contribution in [-0.4, -0.2) is 82.2 Å². The zero-order valence-corrected chi connectivity index (χ0v) is 22.8. The summed E-state index contributed by atoms with van der Waals surface area (Å²) in [6.45, 7) is 3.48. The molecule has 0 unspecified atom stereocenters. The highest BCUT2D eigenvalue weighted by Crippen LogP contribution is 2.31. The zero-order chi connectivity index (χ0) is 26.8. The predicted octanol–water partition coefficient (Wildman–Crippen LogP) is 2.25. The summed E-state index contributed by atoms with van der Waals surface area (Å²) in [5, 5.41) is 10.1. The summed E-state index contributed by atoms with van der Waals surface area (Å²) in [5.41, 5.74) is 0.223. The molecule has 0 fully saturated rings. The van der Waals surface area contributed by atoms with E-state index >= 15 is 0 Å². The summed E-state index contributed by atoms with van der Waals surface area (Å²) in [6.07, 6.45) is 0.485. The Morgan fingerprint density at radius 3 is 2.42 bits per heavy atom. The number of halogens is 1. The molecule has 0 aromatic heterocycles. The van der Waals surface area contributed by atoms with Gasteiger partial charge in [-0.15, -0.1) is 0 Å². The van der Waals surface area contributed by atoms with Gasteiger partial charge in [-0.05, 0) is 49.4 Å². The molecule has 0 bridgehead atoms. The molecule has 1 aliphatic rings. The van der Waals surface area contributed by atoms with E-state index in [0.717, 1.165) is 6.26 Å². The van der Waals surface area contributed by atoms with Gasteiger partial charge in [-0.25, -0.2) is 21.1 Å². The highest BCUT2D eigenvalue weighted by molar-refractivity contribution is 7.92. The third kappa shape index (κ3) is 6.48. The van der Waals surface area contributed by atoms with Gasteiger partial charge in [0.1, 0.15) is 11.9 Å². The van der Waals surface area contributed by atoms with Crippen molar-refractivity contribution in [2.24, 2.45) is 5.92 Å². The number of likely N-dealkylation sites (N-methyl/N-ethyl adjacent to an activating group) is 1. The Labute approximate surface area is 216 Å². The molecule has 1 aliphatic heterocycles. The second-order valence-electron chi connectivity index (χ2n) is 8.94. The minimum atomic E-state index is -3.96. The van der Waals surface area contributed by atoms with E-state index in [4.69, 9.17) is 16.3 Å². The fourth-order valence-corrected chi connectivity index (χ4v) is 5.31. The van der Waals surface area contributed by atoms with E-state index in [1.807, 2.05) is 6.92 Å². The van der Waals surface area contributed by atoms with Crippen LogP contribution in [-0.2, 0) is 20.0 Å². The van der Waals surface area contributed by atoms with Crippen molar-refractivity contribution in [1.82, 2.24) is 9.21 Å². The first-order valence-corrected chi connectivity index (χ1v) is 14.9. The largest absolute Gasteiger partial charge is 0.488 e. The number of fused-ring (bicyclic) bond motifs is 1. The summed E-state index contributed by atoms with van der Waals surface area (Å²) in [5.74, 6) is -0.535. The summed E-state index contributed by atoms with van der Waals surface area (Å²) in [4.78, 5) is 15.0. The Balaban J connectivity index is 2.01. The Morgan fingerprint density at radius 1 is 1.19 bits per heavy atom. The number of aliphatic hydroxyl groups excluding tert-OH is 1. The second kappa shape index (κ2) is 10.9. The smallest absolute Gasteiger partial charge is 0.261 e. The van der Waals surface area contributed by atoms with Crippen molar-refractivity contribution in [1.29, 1.82) is 0 Å². The van der Waals surface area contributed by atoms with Crippen LogP contribution in [0.15, 0.2) is 47.4 Å². The van der Waals surface area contributed by atoms with Gasteiger partial charge in [0.15, 0.2) is 0 Å². The lowest BCUT2D eigenvalue weighted by Crippen LogP contribution is -2.50. The third-order valence-electron chi connectivity index (χ3n) is 6.04. The average molecular weight is 560 g/mol. The molecule has 0 spiro atoms. The van der Waals surface area contributed by atoms with E-state index in [2.05, 4.69) is 4.72 Å². The zero-order valence-electron chi connectivity index (χ0n) is 20.4. The first-order chi connectivity index (χ1) is 16.7. The van der Waals surface area contributed by atoms with Gasteiger partial charge < -0.3 is 14.7 Å². The number of hydrogen-bond acceptors (Lipinski definition) is 7. The maximum absolute atomic E-state index is 13.5. The summed E-state index contributed by atoms with van der Waals surface area (Å²) < 4.78 is 59.4. The lowest BCUT2D eigenvalue weighted by molar-refractivity contribution is 0.0387. The molecule has 198 valence electrons. The molecule has 10 nitrogen and oxygen atoms in total. The van der Waals surface area contributed by atoms with Gasteiger partial charge in [-0.1, -0.05) is 18.5 Å². The van der Waals surface area contributed by atoms with Crippen LogP contribution in [0.25, 0.3) is 0 Å². The maximum Gasteiger partial charge on any atom is 0.261 e. The Bertz CT molecular complexity index is 1320. The molecule has 0 aliphatic carbocycles. The number of amides is 1. The van der Waals surface area contributed by atoms with Gasteiger partial charge in [0.05, 0.1) is 35.9 Å². The van der Waals surface area contributed by atoms with Crippen molar-refractivity contribution in [3.63, 3.8) is 0 Å². The van der Waals surface area contributed by atoms with Gasteiger partial charge >= 0.3 is 0 Å². The van der Waals surface area contributed by atoms with Crippen LogP contribution in [0.3, 0.4) is 0 Å². The summed E-state index contributed by atoms with van der Waals surface area (Å²) in [6, 6.07) is 9.41. The molecule has 1 heterocycles. The van der Waals surface area contributed by atoms with E-state index < -0.39 is 38.1 Å². The summed E-state index contributed by atoms with van der Waals surface area (Å²) in [7, 11) is -6.00. The van der Waals surface area contributed by atoms with Crippen LogP contribution < -0.4 is 9.46 Å². The number of hydrogen-bond donors (Lipinski definition) is 2. The Morgan fingerprint density at radius 2 is 1.83 bits per heavy atom. The molecule has 13 heteroatoms. The minimum Gasteiger partial charge on any atom is -0.488 e. The van der Waals surface area contributed by atoms with E-state index in [9.17, 15) is 26.7 Å². The Hall–Kier alpha value is -2.38. The minimum absolute atomic E-state index is 0.00514. The predicted molar refractivity (Wildman–Crippen MR) is 137 cm³/mol. The number of carbonyl (C=O) groups excluding carboxylic acids is 1. The molecule has 3 atom stereocenters. The number of nitrogens with zero attached hydrogens (tertiary/aromatic N) is 2. The fourth-order valence-electron chi connectivity index (χ4n) is 3.72. The fraction of sp³-hybridized carbons (Fsp3) is 0.435. The molecular weight excluding hydrogens is 530 g/mol. The maximum atomic E-state index is 13.5. The van der Waals surface area contributed by atoms with Gasteiger partial charge in [-0.2, -0.15) is 0 Å². The van der Waals surface area contributed by atoms with Crippen LogP contribution >= 0.6 is 11.6 Å². The SMILES string of the molecule is C[C@@H]1CN([C@@H](C)CO)C(=O)c2cc(NS(=O)(=O)c3ccc(Cl)cc3)ccc2O[C@H]1CN(C)S(C)(=O)=O. The second-order valence-corrected chi connectivity index (χ2v) is 13.1. The molecule has 2 N–H and O–H groups in total. The van der Waals surface area contributed by atoms with Crippen LogP contribution in [0.5, 0.6) is 5.75 Å². The lowest BCUT2D eigenvalue weighted by Gasteiger charge is -2.38. The normalized spacial score (nSPS) is 19.8. The number of sulfonamides is 2. The van der Waals surface area contributed by atoms with Crippen molar-refractivity contribution in [3.8, 4) is 5.75 Å². The molecule has 2 aromatic carbocycles. The number of ether oxygens (including phenoxy) is 1. The van der Waals surface area contributed by atoms with E-state index in [1.165, 1.54) is 58.7 Å².